The highest BCUT2D eigenvalue weighted by Gasteiger charge is 2.41. The van der Waals surface area contributed by atoms with Gasteiger partial charge in [0.25, 0.3) is 0 Å². The largest absolute Gasteiger partial charge is 0.213 e. The zero-order chi connectivity index (χ0) is 8.84. The molecule has 1 aromatic heterocycles. The second-order valence-corrected chi connectivity index (χ2v) is 4.03. The van der Waals surface area contributed by atoms with Gasteiger partial charge in [-0.2, -0.15) is 0 Å². The van der Waals surface area contributed by atoms with Gasteiger partial charge < -0.3 is 0 Å². The van der Waals surface area contributed by atoms with E-state index in [-0.39, 0.29) is 0 Å². The van der Waals surface area contributed by atoms with Gasteiger partial charge in [-0.1, -0.05) is 0 Å². The second-order valence-electron chi connectivity index (χ2n) is 4.03. The first kappa shape index (κ1) is 7.18. The highest BCUT2D eigenvalue weighted by atomic mass is 16.3. The average Bonchev–Trinajstić information content (AvgIpc) is 2.77. The molecule has 0 aliphatic heterocycles. The third kappa shape index (κ3) is 0.870. The maximum atomic E-state index is 10.3. The van der Waals surface area contributed by atoms with Crippen LogP contribution < -0.4 is 4.98 Å². The minimum Gasteiger partial charge on any atom is -0.213 e. The molecule has 2 unspecified atom stereocenters. The minimum absolute atomic E-state index is 0.534. The Hall–Kier alpha value is -1.25. The standard InChI is InChI=1S/C10H10N2O/c13-12-8-4-9-6-1-2-7(3-6)10(9)11-5-8/h4-7H,1-3H2/p+1. The molecule has 2 bridgehead atoms. The normalized spacial score (nSPS) is 28.9. The number of hydrogen-bond donors (Lipinski definition) is 0. The summed E-state index contributed by atoms with van der Waals surface area (Å²) in [6.45, 7) is 0. The summed E-state index contributed by atoms with van der Waals surface area (Å²) in [5.74, 6) is 1.42. The Balaban J connectivity index is 2.16. The fourth-order valence-electron chi connectivity index (χ4n) is 2.78. The van der Waals surface area contributed by atoms with E-state index in [1.165, 1.54) is 30.5 Å². The monoisotopic (exact) mass is 175 g/mol. The van der Waals surface area contributed by atoms with Gasteiger partial charge in [0.15, 0.2) is 17.6 Å². The number of rotatable bonds is 1. The molecular weight excluding hydrogens is 164 g/mol. The smallest absolute Gasteiger partial charge is 0.196 e. The lowest BCUT2D eigenvalue weighted by atomic mass is 9.96. The van der Waals surface area contributed by atoms with E-state index in [0.29, 0.717) is 11.6 Å². The van der Waals surface area contributed by atoms with Crippen LogP contribution in [0.25, 0.3) is 0 Å². The van der Waals surface area contributed by atoms with Crippen LogP contribution in [0.2, 0.25) is 0 Å². The average molecular weight is 175 g/mol. The van der Waals surface area contributed by atoms with Crippen LogP contribution in [0.1, 0.15) is 42.4 Å². The van der Waals surface area contributed by atoms with E-state index in [1.54, 1.807) is 6.20 Å². The van der Waals surface area contributed by atoms with E-state index in [1.807, 2.05) is 6.07 Å². The molecule has 2 aliphatic rings. The summed E-state index contributed by atoms with van der Waals surface area (Å²) in [7, 11) is 0. The summed E-state index contributed by atoms with van der Waals surface area (Å²) in [4.78, 5) is 13.5. The quantitative estimate of drug-likeness (QED) is 0.604. The third-order valence-electron chi connectivity index (χ3n) is 3.38. The van der Waals surface area contributed by atoms with Crippen molar-refractivity contribution in [1.29, 1.82) is 0 Å². The van der Waals surface area contributed by atoms with Crippen molar-refractivity contribution in [3.63, 3.8) is 0 Å². The van der Waals surface area contributed by atoms with Gasteiger partial charge in [0.2, 0.25) is 0 Å². The van der Waals surface area contributed by atoms with E-state index < -0.39 is 0 Å². The van der Waals surface area contributed by atoms with Crippen LogP contribution in [0.5, 0.6) is 0 Å². The maximum absolute atomic E-state index is 10.3. The van der Waals surface area contributed by atoms with Gasteiger partial charge in [-0.15, -0.1) is 4.91 Å². The number of nitrogens with one attached hydrogen (secondary N) is 1. The van der Waals surface area contributed by atoms with Crippen LogP contribution in [-0.4, -0.2) is 0 Å². The van der Waals surface area contributed by atoms with Crippen molar-refractivity contribution in [2.75, 3.05) is 0 Å². The summed E-state index contributed by atoms with van der Waals surface area (Å²) in [5, 5.41) is 2.95. The molecule has 0 saturated heterocycles. The molecule has 1 heterocycles. The highest BCUT2D eigenvalue weighted by Crippen LogP contribution is 2.51. The van der Waals surface area contributed by atoms with E-state index in [9.17, 15) is 4.91 Å². The van der Waals surface area contributed by atoms with E-state index in [4.69, 9.17) is 0 Å². The van der Waals surface area contributed by atoms with Crippen molar-refractivity contribution in [2.45, 2.75) is 31.1 Å². The molecule has 3 nitrogen and oxygen atoms in total. The number of aromatic amines is 1. The van der Waals surface area contributed by atoms with Gasteiger partial charge in [-0.3, -0.25) is 0 Å². The molecule has 1 N–H and O–H groups in total. The Labute approximate surface area is 76.2 Å². The zero-order valence-electron chi connectivity index (χ0n) is 7.29. The van der Waals surface area contributed by atoms with Gasteiger partial charge in [-0.05, 0) is 36.4 Å². The Bertz CT molecular complexity index is 375. The van der Waals surface area contributed by atoms with Crippen molar-refractivity contribution >= 4 is 5.69 Å². The second kappa shape index (κ2) is 2.37. The fraction of sp³-hybridized carbons (Fsp3) is 0.500. The Kier molecular flexibility index (Phi) is 1.31. The number of nitroso groups, excluding NO2 is 1. The molecule has 1 saturated carbocycles. The first-order chi connectivity index (χ1) is 6.38. The molecule has 2 atom stereocenters. The number of fused-ring (bicyclic) bond motifs is 5. The summed E-state index contributed by atoms with van der Waals surface area (Å²) >= 11 is 0. The molecule has 1 aromatic rings. The summed E-state index contributed by atoms with van der Waals surface area (Å²) < 4.78 is 0. The molecule has 3 heteroatoms. The maximum Gasteiger partial charge on any atom is 0.196 e. The van der Waals surface area contributed by atoms with Crippen LogP contribution in [0, 0.1) is 4.91 Å². The van der Waals surface area contributed by atoms with E-state index >= 15 is 0 Å². The number of aromatic nitrogens is 1. The van der Waals surface area contributed by atoms with Crippen molar-refractivity contribution in [3.8, 4) is 0 Å². The molecule has 0 aromatic carbocycles. The third-order valence-corrected chi connectivity index (χ3v) is 3.38. The lowest BCUT2D eigenvalue weighted by Crippen LogP contribution is -2.14. The first-order valence-corrected chi connectivity index (χ1v) is 4.77. The topological polar surface area (TPSA) is 43.6 Å². The van der Waals surface area contributed by atoms with Crippen molar-refractivity contribution in [2.24, 2.45) is 5.18 Å². The summed E-state index contributed by atoms with van der Waals surface area (Å²) in [5.41, 5.74) is 3.23. The van der Waals surface area contributed by atoms with Gasteiger partial charge in [0.1, 0.15) is 0 Å². The molecule has 1 fully saturated rings. The van der Waals surface area contributed by atoms with Crippen LogP contribution in [0.4, 0.5) is 5.69 Å². The first-order valence-electron chi connectivity index (χ1n) is 4.77. The van der Waals surface area contributed by atoms with Crippen molar-refractivity contribution < 1.29 is 4.98 Å². The van der Waals surface area contributed by atoms with E-state index in [2.05, 4.69) is 10.2 Å². The molecule has 0 spiro atoms. The Morgan fingerprint density at radius 1 is 1.38 bits per heavy atom. The summed E-state index contributed by atoms with van der Waals surface area (Å²) in [6.07, 6.45) is 5.58. The number of nitrogens with zero attached hydrogens (tertiary/aromatic N) is 1. The molecule has 0 radical (unpaired) electrons. The van der Waals surface area contributed by atoms with Crippen molar-refractivity contribution in [3.05, 3.63) is 28.4 Å². The lowest BCUT2D eigenvalue weighted by Gasteiger charge is -2.08. The Morgan fingerprint density at radius 3 is 3.08 bits per heavy atom. The fourth-order valence-corrected chi connectivity index (χ4v) is 2.78. The highest BCUT2D eigenvalue weighted by molar-refractivity contribution is 5.42. The van der Waals surface area contributed by atoms with Gasteiger partial charge in [-0.25, -0.2) is 4.98 Å². The Morgan fingerprint density at radius 2 is 2.23 bits per heavy atom. The molecule has 3 rings (SSSR count). The molecule has 66 valence electrons. The number of H-pyrrole nitrogens is 1. The van der Waals surface area contributed by atoms with Crippen molar-refractivity contribution in [1.82, 2.24) is 0 Å². The predicted octanol–water partition coefficient (Wildman–Crippen LogP) is 2.26. The minimum atomic E-state index is 0.534. The lowest BCUT2D eigenvalue weighted by molar-refractivity contribution is -0.392. The van der Waals surface area contributed by atoms with Gasteiger partial charge >= 0.3 is 0 Å². The van der Waals surface area contributed by atoms with Crippen LogP contribution in [0.3, 0.4) is 0 Å². The summed E-state index contributed by atoms with van der Waals surface area (Å²) in [6, 6.07) is 1.95. The van der Waals surface area contributed by atoms with Crippen LogP contribution >= 0.6 is 0 Å². The molecular formula is C10H11N2O+. The number of hydrogen-bond acceptors (Lipinski definition) is 2. The van der Waals surface area contributed by atoms with Gasteiger partial charge in [0.05, 0.1) is 0 Å². The van der Waals surface area contributed by atoms with Gasteiger partial charge in [0, 0.05) is 11.5 Å². The van der Waals surface area contributed by atoms with Crippen LogP contribution in [-0.2, 0) is 0 Å². The molecule has 0 amide bonds. The molecule has 13 heavy (non-hydrogen) atoms. The van der Waals surface area contributed by atoms with Crippen LogP contribution in [0.15, 0.2) is 17.4 Å². The number of pyridine rings is 1. The SMILES string of the molecule is O=Nc1c[nH+]c2c(c1)C1CCC2C1. The van der Waals surface area contributed by atoms with E-state index in [0.717, 1.165) is 5.92 Å². The molecule has 2 aliphatic carbocycles. The zero-order valence-corrected chi connectivity index (χ0v) is 7.29. The predicted molar refractivity (Wildman–Crippen MR) is 47.8 cm³/mol.